The minimum atomic E-state index is -2.92. The van der Waals surface area contributed by atoms with Crippen molar-refractivity contribution in [3.8, 4) is 0 Å². The number of aryl methyl sites for hydroxylation is 1. The summed E-state index contributed by atoms with van der Waals surface area (Å²) < 4.78 is 28.1. The first-order valence-electron chi connectivity index (χ1n) is 8.03. The number of likely N-dealkylation sites (tertiary alicyclic amines) is 1. The molecule has 2 aliphatic heterocycles. The van der Waals surface area contributed by atoms with E-state index >= 15 is 0 Å². The molecule has 0 bridgehead atoms. The predicted molar refractivity (Wildman–Crippen MR) is 82.5 cm³/mol. The van der Waals surface area contributed by atoms with Crippen LogP contribution in [0.25, 0.3) is 0 Å². The van der Waals surface area contributed by atoms with Gasteiger partial charge in [0.15, 0.2) is 15.7 Å². The van der Waals surface area contributed by atoms with Crippen LogP contribution in [0.4, 0.5) is 0 Å². The number of amides is 1. The molecule has 9 heteroatoms. The van der Waals surface area contributed by atoms with E-state index in [0.717, 1.165) is 12.8 Å². The van der Waals surface area contributed by atoms with Gasteiger partial charge in [-0.05, 0) is 12.8 Å². The standard InChI is InChI=1S/C14H22N4O4S/c1-2-12-15-14(16-22-12)11-4-3-5-18(11)13(19)10-17-6-8-23(20,21)9-7-17/h11H,2-10H2,1H3. The van der Waals surface area contributed by atoms with Crippen molar-refractivity contribution < 1.29 is 17.7 Å². The Balaban J connectivity index is 1.62. The third-order valence-corrected chi connectivity index (χ3v) is 6.06. The number of sulfone groups is 1. The van der Waals surface area contributed by atoms with Crippen LogP contribution < -0.4 is 0 Å². The highest BCUT2D eigenvalue weighted by Gasteiger charge is 2.34. The Labute approximate surface area is 135 Å². The molecular formula is C14H22N4O4S. The minimum absolute atomic E-state index is 0.00893. The number of rotatable bonds is 4. The summed E-state index contributed by atoms with van der Waals surface area (Å²) in [7, 11) is -2.92. The number of hydrogen-bond acceptors (Lipinski definition) is 7. The smallest absolute Gasteiger partial charge is 0.237 e. The van der Waals surface area contributed by atoms with Gasteiger partial charge in [-0.2, -0.15) is 4.98 Å². The van der Waals surface area contributed by atoms with Gasteiger partial charge < -0.3 is 9.42 Å². The van der Waals surface area contributed by atoms with E-state index in [4.69, 9.17) is 4.52 Å². The highest BCUT2D eigenvalue weighted by molar-refractivity contribution is 7.91. The molecule has 0 aliphatic carbocycles. The van der Waals surface area contributed by atoms with E-state index in [1.54, 1.807) is 4.90 Å². The van der Waals surface area contributed by atoms with Gasteiger partial charge >= 0.3 is 0 Å². The lowest BCUT2D eigenvalue weighted by Crippen LogP contribution is -2.46. The molecule has 23 heavy (non-hydrogen) atoms. The summed E-state index contributed by atoms with van der Waals surface area (Å²) in [5, 5.41) is 3.99. The van der Waals surface area contributed by atoms with Gasteiger partial charge in [-0.1, -0.05) is 12.1 Å². The molecule has 1 atom stereocenters. The first-order valence-corrected chi connectivity index (χ1v) is 9.85. The summed E-state index contributed by atoms with van der Waals surface area (Å²) in [5.41, 5.74) is 0. The Morgan fingerprint density at radius 3 is 2.70 bits per heavy atom. The van der Waals surface area contributed by atoms with Crippen LogP contribution in [0.1, 0.15) is 37.5 Å². The SMILES string of the molecule is CCc1nc(C2CCCN2C(=O)CN2CCS(=O)(=O)CC2)no1. The third-order valence-electron chi connectivity index (χ3n) is 4.45. The molecule has 2 aliphatic rings. The molecule has 8 nitrogen and oxygen atoms in total. The fraction of sp³-hybridized carbons (Fsp3) is 0.786. The lowest BCUT2D eigenvalue weighted by molar-refractivity contribution is -0.133. The van der Waals surface area contributed by atoms with Crippen molar-refractivity contribution in [1.82, 2.24) is 19.9 Å². The molecule has 1 aromatic heterocycles. The molecule has 0 aromatic carbocycles. The normalized spacial score (nSPS) is 24.9. The van der Waals surface area contributed by atoms with Gasteiger partial charge in [0, 0.05) is 26.1 Å². The van der Waals surface area contributed by atoms with E-state index in [9.17, 15) is 13.2 Å². The van der Waals surface area contributed by atoms with Crippen LogP contribution >= 0.6 is 0 Å². The minimum Gasteiger partial charge on any atom is -0.339 e. The summed E-state index contributed by atoms with van der Waals surface area (Å²) in [6.07, 6.45) is 2.43. The maximum absolute atomic E-state index is 12.6. The topological polar surface area (TPSA) is 96.6 Å². The fourth-order valence-electron chi connectivity index (χ4n) is 3.07. The van der Waals surface area contributed by atoms with Gasteiger partial charge in [0.2, 0.25) is 11.8 Å². The van der Waals surface area contributed by atoms with Crippen molar-refractivity contribution in [2.45, 2.75) is 32.2 Å². The molecule has 3 rings (SSSR count). The van der Waals surface area contributed by atoms with Crippen molar-refractivity contribution in [3.05, 3.63) is 11.7 Å². The maximum Gasteiger partial charge on any atom is 0.237 e. The summed E-state index contributed by atoms with van der Waals surface area (Å²) in [5.74, 6) is 1.44. The zero-order valence-electron chi connectivity index (χ0n) is 13.3. The van der Waals surface area contributed by atoms with Gasteiger partial charge in [-0.3, -0.25) is 9.69 Å². The van der Waals surface area contributed by atoms with E-state index < -0.39 is 9.84 Å². The van der Waals surface area contributed by atoms with Crippen LogP contribution in [0.2, 0.25) is 0 Å². The first kappa shape index (κ1) is 16.4. The molecule has 0 spiro atoms. The summed E-state index contributed by atoms with van der Waals surface area (Å²) >= 11 is 0. The third kappa shape index (κ3) is 3.72. The number of carbonyl (C=O) groups is 1. The Hall–Kier alpha value is -1.48. The van der Waals surface area contributed by atoms with E-state index in [1.165, 1.54) is 0 Å². The van der Waals surface area contributed by atoms with Crippen LogP contribution in [0.15, 0.2) is 4.52 Å². The van der Waals surface area contributed by atoms with E-state index in [0.29, 0.717) is 37.8 Å². The summed E-state index contributed by atoms with van der Waals surface area (Å²) in [4.78, 5) is 20.6. The lowest BCUT2D eigenvalue weighted by atomic mass is 10.2. The molecular weight excluding hydrogens is 320 g/mol. The molecule has 3 heterocycles. The van der Waals surface area contributed by atoms with E-state index in [2.05, 4.69) is 10.1 Å². The summed E-state index contributed by atoms with van der Waals surface area (Å²) in [6, 6.07) is -0.125. The van der Waals surface area contributed by atoms with Crippen molar-refractivity contribution in [3.63, 3.8) is 0 Å². The van der Waals surface area contributed by atoms with Crippen LogP contribution in [0.5, 0.6) is 0 Å². The molecule has 0 N–H and O–H groups in total. The highest BCUT2D eigenvalue weighted by Crippen LogP contribution is 2.30. The van der Waals surface area contributed by atoms with Gasteiger partial charge in [0.05, 0.1) is 24.1 Å². The fourth-order valence-corrected chi connectivity index (χ4v) is 4.35. The number of aromatic nitrogens is 2. The molecule has 1 unspecified atom stereocenters. The van der Waals surface area contributed by atoms with Crippen LogP contribution in [-0.4, -0.2) is 72.0 Å². The average molecular weight is 342 g/mol. The zero-order chi connectivity index (χ0) is 16.4. The number of hydrogen-bond donors (Lipinski definition) is 0. The Morgan fingerprint density at radius 2 is 2.04 bits per heavy atom. The predicted octanol–water partition coefficient (Wildman–Crippen LogP) is 0.0259. The molecule has 2 fully saturated rings. The summed E-state index contributed by atoms with van der Waals surface area (Å²) in [6.45, 7) is 3.74. The molecule has 0 saturated carbocycles. The van der Waals surface area contributed by atoms with Crippen LogP contribution in [0, 0.1) is 0 Å². The molecule has 2 saturated heterocycles. The van der Waals surface area contributed by atoms with Crippen molar-refractivity contribution >= 4 is 15.7 Å². The first-order chi connectivity index (χ1) is 11.0. The second-order valence-corrected chi connectivity index (χ2v) is 8.38. The Morgan fingerprint density at radius 1 is 1.30 bits per heavy atom. The van der Waals surface area contributed by atoms with Crippen molar-refractivity contribution in [2.75, 3.05) is 37.7 Å². The maximum atomic E-state index is 12.6. The average Bonchev–Trinajstić information content (AvgIpc) is 3.17. The van der Waals surface area contributed by atoms with E-state index in [1.807, 2.05) is 11.8 Å². The van der Waals surface area contributed by atoms with Crippen LogP contribution in [-0.2, 0) is 21.1 Å². The lowest BCUT2D eigenvalue weighted by Gasteiger charge is -2.29. The van der Waals surface area contributed by atoms with Crippen molar-refractivity contribution in [1.29, 1.82) is 0 Å². The second kappa shape index (κ2) is 6.56. The zero-order valence-corrected chi connectivity index (χ0v) is 14.1. The molecule has 1 aromatic rings. The van der Waals surface area contributed by atoms with Gasteiger partial charge in [0.25, 0.3) is 0 Å². The van der Waals surface area contributed by atoms with Gasteiger partial charge in [-0.25, -0.2) is 8.42 Å². The quantitative estimate of drug-likeness (QED) is 0.761. The second-order valence-electron chi connectivity index (χ2n) is 6.07. The molecule has 1 amide bonds. The largest absolute Gasteiger partial charge is 0.339 e. The number of carbonyl (C=O) groups excluding carboxylic acids is 1. The van der Waals surface area contributed by atoms with Gasteiger partial charge in [-0.15, -0.1) is 0 Å². The Kier molecular flexibility index (Phi) is 4.67. The van der Waals surface area contributed by atoms with E-state index in [-0.39, 0.29) is 30.0 Å². The van der Waals surface area contributed by atoms with Gasteiger partial charge in [0.1, 0.15) is 0 Å². The Bertz CT molecular complexity index is 658. The van der Waals surface area contributed by atoms with Crippen molar-refractivity contribution in [2.24, 2.45) is 0 Å². The molecule has 128 valence electrons. The highest BCUT2D eigenvalue weighted by atomic mass is 32.2. The van der Waals surface area contributed by atoms with Crippen LogP contribution in [0.3, 0.4) is 0 Å². The molecule has 0 radical (unpaired) electrons. The monoisotopic (exact) mass is 342 g/mol. The number of nitrogens with zero attached hydrogens (tertiary/aromatic N) is 4.